The molecule has 2 amide bonds. The first-order valence-electron chi connectivity index (χ1n) is 8.48. The van der Waals surface area contributed by atoms with Crippen LogP contribution in [0.2, 0.25) is 0 Å². The SMILES string of the molecule is O=C(NCCc1c[nH]c2ccccc12)NC1CCCCC1CO. The highest BCUT2D eigenvalue weighted by atomic mass is 16.3. The van der Waals surface area contributed by atoms with Crippen LogP contribution in [-0.2, 0) is 6.42 Å². The molecule has 1 aliphatic carbocycles. The summed E-state index contributed by atoms with van der Waals surface area (Å²) < 4.78 is 0. The second-order valence-electron chi connectivity index (χ2n) is 6.34. The summed E-state index contributed by atoms with van der Waals surface area (Å²) in [5.41, 5.74) is 2.34. The number of nitrogens with one attached hydrogen (secondary N) is 3. The molecule has 5 nitrogen and oxygen atoms in total. The molecule has 0 bridgehead atoms. The predicted octanol–water partition coefficient (Wildman–Crippen LogP) is 2.56. The quantitative estimate of drug-likeness (QED) is 0.684. The number of carbonyl (C=O) groups is 1. The molecular formula is C18H25N3O2. The van der Waals surface area contributed by atoms with Gasteiger partial charge in [0.1, 0.15) is 0 Å². The van der Waals surface area contributed by atoms with Crippen molar-refractivity contribution in [1.82, 2.24) is 15.6 Å². The van der Waals surface area contributed by atoms with Crippen LogP contribution >= 0.6 is 0 Å². The van der Waals surface area contributed by atoms with Gasteiger partial charge in [0.2, 0.25) is 0 Å². The molecule has 2 unspecified atom stereocenters. The third-order valence-corrected chi connectivity index (χ3v) is 4.81. The van der Waals surface area contributed by atoms with Gasteiger partial charge in [-0.25, -0.2) is 4.79 Å². The van der Waals surface area contributed by atoms with Crippen LogP contribution in [0.3, 0.4) is 0 Å². The molecule has 3 rings (SSSR count). The predicted molar refractivity (Wildman–Crippen MR) is 91.4 cm³/mol. The van der Waals surface area contributed by atoms with Gasteiger partial charge in [0.25, 0.3) is 0 Å². The maximum Gasteiger partial charge on any atom is 0.315 e. The lowest BCUT2D eigenvalue weighted by Gasteiger charge is -2.30. The maximum absolute atomic E-state index is 12.1. The molecule has 1 aliphatic rings. The van der Waals surface area contributed by atoms with Gasteiger partial charge in [-0.05, 0) is 30.9 Å². The summed E-state index contributed by atoms with van der Waals surface area (Å²) in [5.74, 6) is 0.197. The average Bonchev–Trinajstić information content (AvgIpc) is 2.99. The Hall–Kier alpha value is -2.01. The van der Waals surface area contributed by atoms with Crippen LogP contribution in [0.1, 0.15) is 31.2 Å². The fourth-order valence-corrected chi connectivity index (χ4v) is 3.48. The fourth-order valence-electron chi connectivity index (χ4n) is 3.48. The van der Waals surface area contributed by atoms with Crippen LogP contribution in [0.15, 0.2) is 30.5 Å². The molecule has 5 heteroatoms. The van der Waals surface area contributed by atoms with Crippen LogP contribution < -0.4 is 10.6 Å². The van der Waals surface area contributed by atoms with Gasteiger partial charge in [-0.15, -0.1) is 0 Å². The van der Waals surface area contributed by atoms with Gasteiger partial charge in [-0.1, -0.05) is 31.0 Å². The highest BCUT2D eigenvalue weighted by Gasteiger charge is 2.25. The highest BCUT2D eigenvalue weighted by molar-refractivity contribution is 5.83. The number of amides is 2. The Bertz CT molecular complexity index is 653. The van der Waals surface area contributed by atoms with Gasteiger partial charge in [0.15, 0.2) is 0 Å². The molecule has 1 saturated carbocycles. The number of carbonyl (C=O) groups excluding carboxylic acids is 1. The van der Waals surface area contributed by atoms with E-state index in [1.54, 1.807) is 0 Å². The molecule has 4 N–H and O–H groups in total. The number of aromatic amines is 1. The lowest BCUT2D eigenvalue weighted by Crippen LogP contribution is -2.48. The van der Waals surface area contributed by atoms with Crippen molar-refractivity contribution in [3.05, 3.63) is 36.0 Å². The second-order valence-corrected chi connectivity index (χ2v) is 6.34. The largest absolute Gasteiger partial charge is 0.396 e. The van der Waals surface area contributed by atoms with Gasteiger partial charge >= 0.3 is 6.03 Å². The first-order valence-corrected chi connectivity index (χ1v) is 8.48. The molecule has 1 aromatic heterocycles. The van der Waals surface area contributed by atoms with Crippen molar-refractivity contribution in [2.75, 3.05) is 13.2 Å². The molecule has 2 aromatic rings. The van der Waals surface area contributed by atoms with Crippen LogP contribution in [0.25, 0.3) is 10.9 Å². The standard InChI is InChI=1S/C18H25N3O2/c22-12-14-5-1-3-7-16(14)21-18(23)19-10-9-13-11-20-17-8-4-2-6-15(13)17/h2,4,6,8,11,14,16,20,22H,1,3,5,7,9-10,12H2,(H2,19,21,23). The van der Waals surface area contributed by atoms with E-state index in [4.69, 9.17) is 0 Å². The molecule has 0 spiro atoms. The van der Waals surface area contributed by atoms with Crippen LogP contribution in [0, 0.1) is 5.92 Å². The third kappa shape index (κ3) is 3.85. The number of rotatable bonds is 5. The zero-order chi connectivity index (χ0) is 16.1. The Kier molecular flexibility index (Phi) is 5.18. The lowest BCUT2D eigenvalue weighted by atomic mass is 9.85. The fraction of sp³-hybridized carbons (Fsp3) is 0.500. The summed E-state index contributed by atoms with van der Waals surface area (Å²) in [7, 11) is 0. The minimum Gasteiger partial charge on any atom is -0.396 e. The van der Waals surface area contributed by atoms with E-state index in [9.17, 15) is 9.90 Å². The zero-order valence-corrected chi connectivity index (χ0v) is 13.3. The first kappa shape index (κ1) is 15.9. The third-order valence-electron chi connectivity index (χ3n) is 4.81. The second kappa shape index (κ2) is 7.51. The van der Waals surface area contributed by atoms with E-state index in [0.29, 0.717) is 6.54 Å². The normalized spacial score (nSPS) is 21.3. The molecule has 1 aromatic carbocycles. The summed E-state index contributed by atoms with van der Waals surface area (Å²) in [6.45, 7) is 0.754. The summed E-state index contributed by atoms with van der Waals surface area (Å²) in [6, 6.07) is 8.15. The lowest BCUT2D eigenvalue weighted by molar-refractivity contribution is 0.154. The number of urea groups is 1. The van der Waals surface area contributed by atoms with E-state index < -0.39 is 0 Å². The Labute approximate surface area is 136 Å². The van der Waals surface area contributed by atoms with E-state index in [2.05, 4.69) is 27.8 Å². The number of H-pyrrole nitrogens is 1. The van der Waals surface area contributed by atoms with Crippen molar-refractivity contribution in [3.63, 3.8) is 0 Å². The molecular weight excluding hydrogens is 290 g/mol. The monoisotopic (exact) mass is 315 g/mol. The van der Waals surface area contributed by atoms with Crippen molar-refractivity contribution in [2.45, 2.75) is 38.1 Å². The first-order chi connectivity index (χ1) is 11.3. The number of benzene rings is 1. The smallest absolute Gasteiger partial charge is 0.315 e. The molecule has 0 radical (unpaired) electrons. The van der Waals surface area contributed by atoms with E-state index in [0.717, 1.165) is 37.6 Å². The summed E-state index contributed by atoms with van der Waals surface area (Å²) in [6.07, 6.45) is 7.03. The molecule has 1 heterocycles. The summed E-state index contributed by atoms with van der Waals surface area (Å²) in [4.78, 5) is 15.3. The summed E-state index contributed by atoms with van der Waals surface area (Å²) in [5, 5.41) is 16.6. The van der Waals surface area contributed by atoms with Gasteiger partial charge in [-0.2, -0.15) is 0 Å². The van der Waals surface area contributed by atoms with Gasteiger partial charge < -0.3 is 20.7 Å². The molecule has 23 heavy (non-hydrogen) atoms. The molecule has 1 fully saturated rings. The van der Waals surface area contributed by atoms with Crippen molar-refractivity contribution in [1.29, 1.82) is 0 Å². The number of aromatic nitrogens is 1. The van der Waals surface area contributed by atoms with E-state index in [1.165, 1.54) is 10.9 Å². The number of aliphatic hydroxyl groups is 1. The molecule has 2 atom stereocenters. The molecule has 124 valence electrons. The number of para-hydroxylation sites is 1. The minimum absolute atomic E-state index is 0.0989. The maximum atomic E-state index is 12.1. The highest BCUT2D eigenvalue weighted by Crippen LogP contribution is 2.23. The Morgan fingerprint density at radius 1 is 1.26 bits per heavy atom. The van der Waals surface area contributed by atoms with Crippen molar-refractivity contribution < 1.29 is 9.90 Å². The van der Waals surface area contributed by atoms with Crippen LogP contribution in [0.5, 0.6) is 0 Å². The van der Waals surface area contributed by atoms with E-state index >= 15 is 0 Å². The molecule has 0 saturated heterocycles. The summed E-state index contributed by atoms with van der Waals surface area (Å²) >= 11 is 0. The van der Waals surface area contributed by atoms with Gasteiger partial charge in [-0.3, -0.25) is 0 Å². The number of hydrogen-bond acceptors (Lipinski definition) is 2. The van der Waals surface area contributed by atoms with Crippen LogP contribution in [-0.4, -0.2) is 35.3 Å². The Morgan fingerprint density at radius 2 is 2.09 bits per heavy atom. The van der Waals surface area contributed by atoms with Gasteiger partial charge in [0.05, 0.1) is 0 Å². The average molecular weight is 315 g/mol. The number of aliphatic hydroxyl groups excluding tert-OH is 1. The number of hydrogen-bond donors (Lipinski definition) is 4. The van der Waals surface area contributed by atoms with Crippen molar-refractivity contribution >= 4 is 16.9 Å². The van der Waals surface area contributed by atoms with Gasteiger partial charge in [0, 0.05) is 42.2 Å². The van der Waals surface area contributed by atoms with E-state index in [1.807, 2.05) is 18.3 Å². The topological polar surface area (TPSA) is 77.2 Å². The minimum atomic E-state index is -0.129. The molecule has 0 aliphatic heterocycles. The van der Waals surface area contributed by atoms with E-state index in [-0.39, 0.29) is 24.6 Å². The van der Waals surface area contributed by atoms with Crippen molar-refractivity contribution in [3.8, 4) is 0 Å². The Balaban J connectivity index is 1.47. The zero-order valence-electron chi connectivity index (χ0n) is 13.3. The Morgan fingerprint density at radius 3 is 2.96 bits per heavy atom. The van der Waals surface area contributed by atoms with Crippen LogP contribution in [0.4, 0.5) is 4.79 Å². The van der Waals surface area contributed by atoms with Crippen molar-refractivity contribution in [2.24, 2.45) is 5.92 Å². The number of fused-ring (bicyclic) bond motifs is 1.